The van der Waals surface area contributed by atoms with Crippen LogP contribution in [-0.4, -0.2) is 22.2 Å². The SMILES string of the molecule is CNC(c1ccccc1)C(C)c1nc(-c2ccc[nH]2)no1. The minimum absolute atomic E-state index is 0.0774. The van der Waals surface area contributed by atoms with Gasteiger partial charge in [-0.2, -0.15) is 4.98 Å². The monoisotopic (exact) mass is 282 g/mol. The van der Waals surface area contributed by atoms with Crippen molar-refractivity contribution < 1.29 is 4.52 Å². The molecule has 0 amide bonds. The fraction of sp³-hybridized carbons (Fsp3) is 0.250. The van der Waals surface area contributed by atoms with Crippen LogP contribution in [0.1, 0.15) is 30.3 Å². The Balaban J connectivity index is 1.86. The van der Waals surface area contributed by atoms with E-state index in [9.17, 15) is 0 Å². The number of likely N-dealkylation sites (N-methyl/N-ethyl adjacent to an activating group) is 1. The smallest absolute Gasteiger partial charge is 0.231 e. The van der Waals surface area contributed by atoms with Gasteiger partial charge in [-0.3, -0.25) is 0 Å². The lowest BCUT2D eigenvalue weighted by Crippen LogP contribution is -2.22. The topological polar surface area (TPSA) is 66.7 Å². The van der Waals surface area contributed by atoms with Crippen molar-refractivity contribution in [1.82, 2.24) is 20.4 Å². The van der Waals surface area contributed by atoms with Crippen LogP contribution in [0.4, 0.5) is 0 Å². The molecule has 2 N–H and O–H groups in total. The van der Waals surface area contributed by atoms with Gasteiger partial charge in [-0.05, 0) is 24.7 Å². The fourth-order valence-corrected chi connectivity index (χ4v) is 2.51. The van der Waals surface area contributed by atoms with Gasteiger partial charge in [0.15, 0.2) is 0 Å². The molecule has 0 saturated heterocycles. The molecule has 5 heteroatoms. The van der Waals surface area contributed by atoms with Crippen LogP contribution in [0, 0.1) is 0 Å². The Morgan fingerprint density at radius 2 is 1.95 bits per heavy atom. The van der Waals surface area contributed by atoms with Gasteiger partial charge in [-0.25, -0.2) is 0 Å². The third-order valence-corrected chi connectivity index (χ3v) is 3.64. The van der Waals surface area contributed by atoms with Crippen molar-refractivity contribution in [2.45, 2.75) is 18.9 Å². The molecular formula is C16H18N4O. The summed E-state index contributed by atoms with van der Waals surface area (Å²) in [6, 6.07) is 14.2. The standard InChI is InChI=1S/C16H18N4O/c1-11(14(17-2)12-7-4-3-5-8-12)16-19-15(20-21-16)13-9-6-10-18-13/h3-11,14,17-18H,1-2H3. The number of nitrogens with one attached hydrogen (secondary N) is 2. The van der Waals surface area contributed by atoms with Gasteiger partial charge < -0.3 is 14.8 Å². The number of hydrogen-bond acceptors (Lipinski definition) is 4. The van der Waals surface area contributed by atoms with Crippen LogP contribution in [-0.2, 0) is 0 Å². The Morgan fingerprint density at radius 1 is 1.14 bits per heavy atom. The summed E-state index contributed by atoms with van der Waals surface area (Å²) in [5.41, 5.74) is 2.06. The molecular weight excluding hydrogens is 264 g/mol. The lowest BCUT2D eigenvalue weighted by molar-refractivity contribution is 0.331. The first-order chi connectivity index (χ1) is 10.3. The number of rotatable bonds is 5. The molecule has 0 aliphatic carbocycles. The molecule has 0 spiro atoms. The first-order valence-electron chi connectivity index (χ1n) is 6.99. The highest BCUT2D eigenvalue weighted by Gasteiger charge is 2.24. The van der Waals surface area contributed by atoms with E-state index in [1.165, 1.54) is 5.56 Å². The van der Waals surface area contributed by atoms with E-state index in [0.29, 0.717) is 11.7 Å². The molecule has 1 aromatic carbocycles. The van der Waals surface area contributed by atoms with Crippen molar-refractivity contribution in [1.29, 1.82) is 0 Å². The van der Waals surface area contributed by atoms with Gasteiger partial charge >= 0.3 is 0 Å². The molecule has 2 heterocycles. The molecule has 0 saturated carbocycles. The van der Waals surface area contributed by atoms with Crippen molar-refractivity contribution >= 4 is 0 Å². The van der Waals surface area contributed by atoms with Crippen LogP contribution >= 0.6 is 0 Å². The van der Waals surface area contributed by atoms with E-state index in [0.717, 1.165) is 5.69 Å². The molecule has 108 valence electrons. The molecule has 21 heavy (non-hydrogen) atoms. The molecule has 0 bridgehead atoms. The van der Waals surface area contributed by atoms with Gasteiger partial charge in [0.25, 0.3) is 0 Å². The summed E-state index contributed by atoms with van der Waals surface area (Å²) in [6.45, 7) is 2.08. The molecule has 0 aliphatic rings. The third kappa shape index (κ3) is 2.73. The maximum atomic E-state index is 5.43. The first kappa shape index (κ1) is 13.6. The van der Waals surface area contributed by atoms with E-state index in [4.69, 9.17) is 4.52 Å². The molecule has 2 aromatic heterocycles. The minimum atomic E-state index is 0.0774. The number of aromatic amines is 1. The lowest BCUT2D eigenvalue weighted by Gasteiger charge is -2.21. The molecule has 0 radical (unpaired) electrons. The van der Waals surface area contributed by atoms with Crippen molar-refractivity contribution in [3.63, 3.8) is 0 Å². The quantitative estimate of drug-likeness (QED) is 0.754. The van der Waals surface area contributed by atoms with Gasteiger partial charge in [0, 0.05) is 12.2 Å². The van der Waals surface area contributed by atoms with Crippen LogP contribution in [0.15, 0.2) is 53.2 Å². The zero-order valence-electron chi connectivity index (χ0n) is 12.1. The number of aromatic nitrogens is 3. The average molecular weight is 282 g/mol. The summed E-state index contributed by atoms with van der Waals surface area (Å²) >= 11 is 0. The number of benzene rings is 1. The molecule has 0 fully saturated rings. The number of hydrogen-bond donors (Lipinski definition) is 2. The second-order valence-corrected chi connectivity index (χ2v) is 5.01. The summed E-state index contributed by atoms with van der Waals surface area (Å²) in [6.07, 6.45) is 1.84. The number of nitrogens with zero attached hydrogens (tertiary/aromatic N) is 2. The minimum Gasteiger partial charge on any atom is -0.359 e. The summed E-state index contributed by atoms with van der Waals surface area (Å²) in [5, 5.41) is 7.37. The Hall–Kier alpha value is -2.40. The van der Waals surface area contributed by atoms with Gasteiger partial charge in [0.1, 0.15) is 0 Å². The predicted octanol–water partition coefficient (Wildman–Crippen LogP) is 3.13. The Kier molecular flexibility index (Phi) is 3.83. The summed E-state index contributed by atoms with van der Waals surface area (Å²) < 4.78 is 5.43. The van der Waals surface area contributed by atoms with E-state index >= 15 is 0 Å². The van der Waals surface area contributed by atoms with Gasteiger partial charge in [-0.15, -0.1) is 0 Å². The summed E-state index contributed by atoms with van der Waals surface area (Å²) in [4.78, 5) is 7.58. The van der Waals surface area contributed by atoms with Crippen LogP contribution < -0.4 is 5.32 Å². The molecule has 2 unspecified atom stereocenters. The Morgan fingerprint density at radius 3 is 2.62 bits per heavy atom. The van der Waals surface area contributed by atoms with E-state index in [1.807, 2.05) is 43.6 Å². The molecule has 3 rings (SSSR count). The van der Waals surface area contributed by atoms with Crippen molar-refractivity contribution in [3.8, 4) is 11.5 Å². The van der Waals surface area contributed by atoms with Crippen LogP contribution in [0.2, 0.25) is 0 Å². The van der Waals surface area contributed by atoms with E-state index < -0.39 is 0 Å². The highest BCUT2D eigenvalue weighted by molar-refractivity contribution is 5.47. The molecule has 3 aromatic rings. The maximum absolute atomic E-state index is 5.43. The highest BCUT2D eigenvalue weighted by atomic mass is 16.5. The average Bonchev–Trinajstić information content (AvgIpc) is 3.20. The number of H-pyrrole nitrogens is 1. The molecule has 2 atom stereocenters. The Bertz CT molecular complexity index is 675. The normalized spacial score (nSPS) is 14.0. The lowest BCUT2D eigenvalue weighted by atomic mass is 9.94. The summed E-state index contributed by atoms with van der Waals surface area (Å²) in [5.74, 6) is 1.29. The predicted molar refractivity (Wildman–Crippen MR) is 80.7 cm³/mol. The van der Waals surface area contributed by atoms with Crippen molar-refractivity contribution in [2.24, 2.45) is 0 Å². The van der Waals surface area contributed by atoms with Crippen molar-refractivity contribution in [2.75, 3.05) is 7.05 Å². The van der Waals surface area contributed by atoms with Gasteiger partial charge in [0.2, 0.25) is 11.7 Å². The van der Waals surface area contributed by atoms with E-state index in [2.05, 4.69) is 39.5 Å². The molecule has 0 aliphatic heterocycles. The van der Waals surface area contributed by atoms with Gasteiger partial charge in [-0.1, -0.05) is 42.4 Å². The largest absolute Gasteiger partial charge is 0.359 e. The summed E-state index contributed by atoms with van der Waals surface area (Å²) in [7, 11) is 1.94. The fourth-order valence-electron chi connectivity index (χ4n) is 2.51. The first-order valence-corrected chi connectivity index (χ1v) is 6.99. The zero-order valence-corrected chi connectivity index (χ0v) is 12.1. The second kappa shape index (κ2) is 5.93. The van der Waals surface area contributed by atoms with Crippen LogP contribution in [0.3, 0.4) is 0 Å². The van der Waals surface area contributed by atoms with Crippen molar-refractivity contribution in [3.05, 3.63) is 60.1 Å². The highest BCUT2D eigenvalue weighted by Crippen LogP contribution is 2.30. The molecule has 5 nitrogen and oxygen atoms in total. The van der Waals surface area contributed by atoms with Gasteiger partial charge in [0.05, 0.1) is 11.6 Å². The maximum Gasteiger partial charge on any atom is 0.231 e. The van der Waals surface area contributed by atoms with E-state index in [1.54, 1.807) is 0 Å². The van der Waals surface area contributed by atoms with E-state index in [-0.39, 0.29) is 12.0 Å². The Labute approximate surface area is 123 Å². The third-order valence-electron chi connectivity index (χ3n) is 3.64. The second-order valence-electron chi connectivity index (χ2n) is 5.01. The van der Waals surface area contributed by atoms with Crippen LogP contribution in [0.5, 0.6) is 0 Å². The zero-order chi connectivity index (χ0) is 14.7. The van der Waals surface area contributed by atoms with Crippen LogP contribution in [0.25, 0.3) is 11.5 Å².